The van der Waals surface area contributed by atoms with Crippen molar-refractivity contribution in [1.82, 2.24) is 4.90 Å². The summed E-state index contributed by atoms with van der Waals surface area (Å²) in [5, 5.41) is 0. The summed E-state index contributed by atoms with van der Waals surface area (Å²) in [6.45, 7) is 5.83. The smallest absolute Gasteiger partial charge is 0.0234 e. The lowest BCUT2D eigenvalue weighted by Crippen LogP contribution is -2.20. The predicted molar refractivity (Wildman–Crippen MR) is 84.7 cm³/mol. The van der Waals surface area contributed by atoms with Crippen molar-refractivity contribution in [2.45, 2.75) is 25.8 Å². The van der Waals surface area contributed by atoms with Crippen LogP contribution < -0.4 is 0 Å². The monoisotopic (exact) mass is 265 g/mol. The van der Waals surface area contributed by atoms with Crippen LogP contribution in [0.1, 0.15) is 30.4 Å². The number of hydrogen-bond acceptors (Lipinski definition) is 1. The van der Waals surface area contributed by atoms with Crippen molar-refractivity contribution >= 4 is 0 Å². The molecule has 0 spiro atoms. The molecule has 3 rings (SSSR count). The molecule has 1 aliphatic rings. The van der Waals surface area contributed by atoms with Gasteiger partial charge in [0.05, 0.1) is 0 Å². The Morgan fingerprint density at radius 3 is 2.20 bits per heavy atom. The van der Waals surface area contributed by atoms with E-state index in [1.165, 1.54) is 30.6 Å². The summed E-state index contributed by atoms with van der Waals surface area (Å²) in [6, 6.07) is 21.9. The van der Waals surface area contributed by atoms with Gasteiger partial charge in [-0.3, -0.25) is 4.90 Å². The van der Waals surface area contributed by atoms with Gasteiger partial charge in [-0.15, -0.1) is 0 Å². The molecule has 2 atom stereocenters. The molecule has 1 fully saturated rings. The molecule has 2 aromatic carbocycles. The summed E-state index contributed by atoms with van der Waals surface area (Å²) in [7, 11) is 0. The first-order chi connectivity index (χ1) is 9.86. The number of hydrogen-bond donors (Lipinski definition) is 0. The van der Waals surface area contributed by atoms with E-state index in [0.717, 1.165) is 12.5 Å². The Morgan fingerprint density at radius 1 is 0.900 bits per heavy atom. The maximum Gasteiger partial charge on any atom is 0.0234 e. The molecule has 0 bridgehead atoms. The maximum absolute atomic E-state index is 2.61. The Morgan fingerprint density at radius 2 is 1.55 bits per heavy atom. The van der Waals surface area contributed by atoms with Crippen LogP contribution in [0.5, 0.6) is 0 Å². The molecule has 1 heterocycles. The third kappa shape index (κ3) is 2.94. The van der Waals surface area contributed by atoms with Crippen molar-refractivity contribution in [3.63, 3.8) is 0 Å². The van der Waals surface area contributed by atoms with Crippen LogP contribution in [-0.2, 0) is 6.54 Å². The lowest BCUT2D eigenvalue weighted by Gasteiger charge is -2.17. The third-order valence-electron chi connectivity index (χ3n) is 4.52. The standard InChI is InChI=1S/C19H23N/c1-2-17-14-20(13-16-9-5-3-6-10-16)15-19(17)18-11-7-4-8-12-18/h3-12,17,19H,2,13-15H2,1H3/t17-,19-/m1/s1. The van der Waals surface area contributed by atoms with Gasteiger partial charge in [0.2, 0.25) is 0 Å². The molecular formula is C19H23N. The van der Waals surface area contributed by atoms with Crippen LogP contribution in [-0.4, -0.2) is 18.0 Å². The molecule has 0 amide bonds. The summed E-state index contributed by atoms with van der Waals surface area (Å²) >= 11 is 0. The Balaban J connectivity index is 1.71. The third-order valence-corrected chi connectivity index (χ3v) is 4.52. The van der Waals surface area contributed by atoms with Gasteiger partial charge in [0, 0.05) is 25.6 Å². The molecule has 0 N–H and O–H groups in total. The van der Waals surface area contributed by atoms with Crippen LogP contribution >= 0.6 is 0 Å². The maximum atomic E-state index is 2.61. The highest BCUT2D eigenvalue weighted by atomic mass is 15.2. The van der Waals surface area contributed by atoms with E-state index < -0.39 is 0 Å². The van der Waals surface area contributed by atoms with Crippen molar-refractivity contribution in [2.24, 2.45) is 5.92 Å². The molecule has 1 nitrogen and oxygen atoms in total. The van der Waals surface area contributed by atoms with Crippen LogP contribution in [0, 0.1) is 5.92 Å². The molecule has 0 aliphatic carbocycles. The number of likely N-dealkylation sites (tertiary alicyclic amines) is 1. The van der Waals surface area contributed by atoms with Gasteiger partial charge in [-0.05, 0) is 17.0 Å². The molecule has 20 heavy (non-hydrogen) atoms. The average molecular weight is 265 g/mol. The average Bonchev–Trinajstić information content (AvgIpc) is 2.92. The van der Waals surface area contributed by atoms with Gasteiger partial charge in [-0.25, -0.2) is 0 Å². The van der Waals surface area contributed by atoms with E-state index in [2.05, 4.69) is 72.5 Å². The van der Waals surface area contributed by atoms with Gasteiger partial charge in [-0.1, -0.05) is 74.0 Å². The summed E-state index contributed by atoms with van der Waals surface area (Å²) in [5.41, 5.74) is 2.94. The van der Waals surface area contributed by atoms with Crippen molar-refractivity contribution in [3.05, 3.63) is 71.8 Å². The minimum Gasteiger partial charge on any atom is -0.298 e. The highest BCUT2D eigenvalue weighted by molar-refractivity contribution is 5.23. The first-order valence-electron chi connectivity index (χ1n) is 7.68. The molecule has 0 aromatic heterocycles. The van der Waals surface area contributed by atoms with Gasteiger partial charge in [0.1, 0.15) is 0 Å². The van der Waals surface area contributed by atoms with Crippen molar-refractivity contribution < 1.29 is 0 Å². The minimum absolute atomic E-state index is 0.699. The van der Waals surface area contributed by atoms with E-state index in [1.54, 1.807) is 0 Å². The fraction of sp³-hybridized carbons (Fsp3) is 0.368. The van der Waals surface area contributed by atoms with Crippen LogP contribution in [0.25, 0.3) is 0 Å². The first kappa shape index (κ1) is 13.4. The fourth-order valence-electron chi connectivity index (χ4n) is 3.42. The van der Waals surface area contributed by atoms with Crippen LogP contribution in [0.4, 0.5) is 0 Å². The second kappa shape index (κ2) is 6.23. The number of benzene rings is 2. The van der Waals surface area contributed by atoms with E-state index in [1.807, 2.05) is 0 Å². The molecule has 0 saturated carbocycles. The number of nitrogens with zero attached hydrogens (tertiary/aromatic N) is 1. The predicted octanol–water partition coefficient (Wildman–Crippen LogP) is 4.31. The van der Waals surface area contributed by atoms with Gasteiger partial charge < -0.3 is 0 Å². The van der Waals surface area contributed by atoms with Crippen LogP contribution in [0.15, 0.2) is 60.7 Å². The van der Waals surface area contributed by atoms with E-state index in [9.17, 15) is 0 Å². The Kier molecular flexibility index (Phi) is 4.17. The lowest BCUT2D eigenvalue weighted by molar-refractivity contribution is 0.314. The second-order valence-corrected chi connectivity index (χ2v) is 5.87. The Hall–Kier alpha value is -1.60. The van der Waals surface area contributed by atoms with E-state index >= 15 is 0 Å². The molecule has 104 valence electrons. The molecule has 0 radical (unpaired) electrons. The second-order valence-electron chi connectivity index (χ2n) is 5.87. The SMILES string of the molecule is CC[C@@H]1CN(Cc2ccccc2)C[C@H]1c1ccccc1. The molecule has 2 aromatic rings. The van der Waals surface area contributed by atoms with Crippen LogP contribution in [0.3, 0.4) is 0 Å². The van der Waals surface area contributed by atoms with E-state index in [0.29, 0.717) is 5.92 Å². The molecule has 0 unspecified atom stereocenters. The zero-order valence-electron chi connectivity index (χ0n) is 12.2. The van der Waals surface area contributed by atoms with Crippen molar-refractivity contribution in [2.75, 3.05) is 13.1 Å². The van der Waals surface area contributed by atoms with Gasteiger partial charge in [-0.2, -0.15) is 0 Å². The summed E-state index contributed by atoms with van der Waals surface area (Å²) < 4.78 is 0. The fourth-order valence-corrected chi connectivity index (χ4v) is 3.42. The van der Waals surface area contributed by atoms with Gasteiger partial charge in [0.15, 0.2) is 0 Å². The highest BCUT2D eigenvalue weighted by Gasteiger charge is 2.32. The largest absolute Gasteiger partial charge is 0.298 e. The zero-order chi connectivity index (χ0) is 13.8. The molecular weight excluding hydrogens is 242 g/mol. The van der Waals surface area contributed by atoms with Gasteiger partial charge in [0.25, 0.3) is 0 Å². The molecule has 1 aliphatic heterocycles. The Bertz CT molecular complexity index is 520. The highest BCUT2D eigenvalue weighted by Crippen LogP contribution is 2.35. The summed E-state index contributed by atoms with van der Waals surface area (Å²) in [4.78, 5) is 2.61. The zero-order valence-corrected chi connectivity index (χ0v) is 12.2. The summed E-state index contributed by atoms with van der Waals surface area (Å²) in [5.74, 6) is 1.49. The minimum atomic E-state index is 0.699. The quantitative estimate of drug-likeness (QED) is 0.796. The molecule has 1 heteroatoms. The topological polar surface area (TPSA) is 3.24 Å². The van der Waals surface area contributed by atoms with Crippen molar-refractivity contribution in [1.29, 1.82) is 0 Å². The summed E-state index contributed by atoms with van der Waals surface area (Å²) in [6.07, 6.45) is 1.27. The first-order valence-corrected chi connectivity index (χ1v) is 7.68. The van der Waals surface area contributed by atoms with Gasteiger partial charge >= 0.3 is 0 Å². The normalized spacial score (nSPS) is 23.1. The Labute approximate surface area is 122 Å². The molecule has 1 saturated heterocycles. The van der Waals surface area contributed by atoms with E-state index in [-0.39, 0.29) is 0 Å². The lowest BCUT2D eigenvalue weighted by atomic mass is 9.87. The van der Waals surface area contributed by atoms with E-state index in [4.69, 9.17) is 0 Å². The van der Waals surface area contributed by atoms with Crippen LogP contribution in [0.2, 0.25) is 0 Å². The van der Waals surface area contributed by atoms with Crippen molar-refractivity contribution in [3.8, 4) is 0 Å². The number of rotatable bonds is 4.